The highest BCUT2D eigenvalue weighted by Gasteiger charge is 2.48. The van der Waals surface area contributed by atoms with Gasteiger partial charge in [0.2, 0.25) is 17.7 Å². The van der Waals surface area contributed by atoms with Crippen LogP contribution in [0.15, 0.2) is 197 Å². The van der Waals surface area contributed by atoms with Gasteiger partial charge < -0.3 is 40.9 Å². The highest BCUT2D eigenvalue weighted by molar-refractivity contribution is 7.92. The molecule has 4 N–H and O–H groups in total. The maximum Gasteiger partial charge on any atom is 0.352 e. The fraction of sp³-hybridized carbons (Fsp3) is 0.323. The molecule has 672 valence electrons. The van der Waals surface area contributed by atoms with Crippen LogP contribution in [0.3, 0.4) is 0 Å². The summed E-state index contributed by atoms with van der Waals surface area (Å²) in [6.45, 7) is 39.8. The third-order valence-electron chi connectivity index (χ3n) is 23.3. The molecule has 0 bridgehead atoms. The van der Waals surface area contributed by atoms with Crippen LogP contribution in [0.4, 0.5) is 59.1 Å². The summed E-state index contributed by atoms with van der Waals surface area (Å²) in [6, 6.07) is 37.6. The number of carbonyl (C=O) groups is 3. The van der Waals surface area contributed by atoms with E-state index in [4.69, 9.17) is 61.2 Å². The first-order chi connectivity index (χ1) is 60.3. The first-order valence-corrected chi connectivity index (χ1v) is 47.0. The fourth-order valence-electron chi connectivity index (χ4n) is 17.0. The minimum atomic E-state index is -4.43. The van der Waals surface area contributed by atoms with Crippen molar-refractivity contribution in [2.45, 2.75) is 157 Å². The molecule has 15 rings (SSSR count). The Labute approximate surface area is 761 Å². The minimum Gasteiger partial charge on any atom is -0.398 e. The third kappa shape index (κ3) is 17.9. The van der Waals surface area contributed by atoms with Crippen LogP contribution in [-0.4, -0.2) is 180 Å². The summed E-state index contributed by atoms with van der Waals surface area (Å²) in [4.78, 5) is 62.3. The fourth-order valence-corrected chi connectivity index (χ4v) is 21.6. The van der Waals surface area contributed by atoms with E-state index in [1.807, 2.05) is 154 Å². The monoisotopic (exact) mass is 1860 g/mol. The number of fused-ring (bicyclic) bond motifs is 3. The van der Waals surface area contributed by atoms with Crippen LogP contribution >= 0.6 is 34.8 Å². The standard InChI is InChI=1S/2C31H34ClFN6O3S.C31H33ClFN5O3S/c1-7-26(40)37-16-19(3)38(17-18(37)2)30-20-15-22(32)28(27-23(33)12-10-13-24(27)34)35-29(20)39(43(41,42)36-30)25-14-9-8-11-21(25)31(4,5)6;1-6-20-11-9-12-21(7-2)29(20)39-30-22(15-23(32)28(35-30)27-24(33)13-10-14-25(27)34)31(36-43(39,41)42)38-17-18(4)37(16-19(38)5)26(40)8-3;1-7-27(39)36-17-20(3)37(18-19(36)2)30-22-16-24(32)28(21-12-8-10-14-25(21)33)34-29(22)38(42(40,41)35-30)26-15-11-9-13-23(26)31(4,5)6/h7-15,18-19H,1,16-17,34H2,2-6H3;8-15,18-19H,3,6-7,16-17,34H2,1-2,4-5H3;7-16,19-20H,1,17-18H2,2-6H3. The van der Waals surface area contributed by atoms with E-state index >= 15 is 8.78 Å². The molecule has 0 radical (unpaired) electrons. The van der Waals surface area contributed by atoms with E-state index in [1.54, 1.807) is 75.4 Å². The summed E-state index contributed by atoms with van der Waals surface area (Å²) in [5.41, 5.74) is 17.3. The molecular formula is C93H101Cl3F3N17O9S3. The Morgan fingerprint density at radius 2 is 0.719 bits per heavy atom. The van der Waals surface area contributed by atoms with Crippen molar-refractivity contribution in [1.82, 2.24) is 44.4 Å². The molecule has 128 heavy (non-hydrogen) atoms. The Kier molecular flexibility index (Phi) is 26.8. The highest BCUT2D eigenvalue weighted by Crippen LogP contribution is 2.50. The van der Waals surface area contributed by atoms with E-state index in [-0.39, 0.29) is 149 Å². The van der Waals surface area contributed by atoms with Crippen LogP contribution in [0.1, 0.15) is 136 Å². The van der Waals surface area contributed by atoms with Crippen molar-refractivity contribution in [2.24, 2.45) is 13.2 Å². The Balaban J connectivity index is 0.000000164. The molecule has 0 aliphatic carbocycles. The third-order valence-corrected chi connectivity index (χ3v) is 27.9. The molecule has 9 aromatic rings. The Morgan fingerprint density at radius 1 is 0.414 bits per heavy atom. The van der Waals surface area contributed by atoms with Gasteiger partial charge in [0, 0.05) is 92.5 Å². The first-order valence-electron chi connectivity index (χ1n) is 41.6. The van der Waals surface area contributed by atoms with Crippen molar-refractivity contribution < 1.29 is 52.8 Å². The number of aryl methyl sites for hydroxylation is 2. The first kappa shape index (κ1) is 93.9. The Bertz CT molecular complexity index is 6410. The number of hydrogen-bond donors (Lipinski definition) is 2. The van der Waals surface area contributed by atoms with Gasteiger partial charge in [-0.15, -0.1) is 13.2 Å². The molecule has 0 spiro atoms. The number of amides is 3. The van der Waals surface area contributed by atoms with E-state index < -0.39 is 58.9 Å². The molecule has 26 nitrogen and oxygen atoms in total. The summed E-state index contributed by atoms with van der Waals surface area (Å²) in [6.07, 6.45) is 4.91. The Hall–Kier alpha value is -11.7. The molecule has 0 saturated carbocycles. The zero-order valence-corrected chi connectivity index (χ0v) is 78.1. The lowest BCUT2D eigenvalue weighted by molar-refractivity contribution is -0.131. The molecule has 3 amide bonds. The lowest BCUT2D eigenvalue weighted by Crippen LogP contribution is -2.60. The van der Waals surface area contributed by atoms with E-state index in [2.05, 4.69) is 32.9 Å². The van der Waals surface area contributed by atoms with Crippen molar-refractivity contribution in [1.29, 1.82) is 0 Å². The molecule has 6 unspecified atom stereocenters. The summed E-state index contributed by atoms with van der Waals surface area (Å²) in [7, 11) is -13.2. The van der Waals surface area contributed by atoms with Crippen LogP contribution < -0.4 is 24.4 Å². The molecule has 6 aromatic carbocycles. The average molecular weight is 1860 g/mol. The zero-order chi connectivity index (χ0) is 93.2. The van der Waals surface area contributed by atoms with Crippen LogP contribution in [0.2, 0.25) is 15.1 Å². The molecule has 3 aromatic heterocycles. The number of benzene rings is 6. The normalized spacial score (nSPS) is 19.9. The smallest absolute Gasteiger partial charge is 0.352 e. The van der Waals surface area contributed by atoms with E-state index in [9.17, 15) is 44.0 Å². The minimum absolute atomic E-state index is 0.00789. The van der Waals surface area contributed by atoms with E-state index in [1.165, 1.54) is 60.7 Å². The molecule has 9 heterocycles. The topological polar surface area (TPSA) is 311 Å². The van der Waals surface area contributed by atoms with Gasteiger partial charge in [-0.3, -0.25) is 14.4 Å². The van der Waals surface area contributed by atoms with E-state index in [0.29, 0.717) is 85.9 Å². The van der Waals surface area contributed by atoms with Gasteiger partial charge >= 0.3 is 30.6 Å². The SMILES string of the molecule is C=CC(=O)N1CC(C)N(C2=NS(=O)(=O)N(c3c(CC)cccc3CC)c3nc(-c4c(N)cccc4F)c(Cl)cc32)CC1C.C=CC(=O)N1CC(C)N(C2=NS(=O)(=O)N(c3ccccc3C(C)(C)C)c3nc(-c4c(N)cccc4F)c(Cl)cc32)CC1C.C=CC(=O)N1CC(C)N(C2=NS(=O)(=O)N(c3ccccc3C(C)(C)C)c3nc(-c4ccccc4F)c(Cl)cc32)CC1C. The summed E-state index contributed by atoms with van der Waals surface area (Å²) in [5.74, 6) is -1.81. The second kappa shape index (κ2) is 36.5. The molecule has 6 aliphatic rings. The second-order valence-electron chi connectivity index (χ2n) is 34.2. The predicted octanol–water partition coefficient (Wildman–Crippen LogP) is 17.3. The van der Waals surface area contributed by atoms with Crippen LogP contribution in [0.25, 0.3) is 33.8 Å². The van der Waals surface area contributed by atoms with Gasteiger partial charge in [0.15, 0.2) is 35.0 Å². The number of nitrogen functional groups attached to an aromatic ring is 2. The predicted molar refractivity (Wildman–Crippen MR) is 504 cm³/mol. The van der Waals surface area contributed by atoms with Crippen molar-refractivity contribution in [3.05, 3.63) is 255 Å². The van der Waals surface area contributed by atoms with Crippen LogP contribution in [0.5, 0.6) is 0 Å². The number of rotatable bonds is 11. The quantitative estimate of drug-likeness (QED) is 0.0897. The molecule has 6 aliphatic heterocycles. The number of hydrogen-bond acceptors (Lipinski definition) is 17. The maximum atomic E-state index is 15.2. The average Bonchev–Trinajstić information content (AvgIpc) is 0.726. The van der Waals surface area contributed by atoms with E-state index in [0.717, 1.165) is 35.2 Å². The van der Waals surface area contributed by atoms with Gasteiger partial charge in [-0.25, -0.2) is 41.0 Å². The van der Waals surface area contributed by atoms with Gasteiger partial charge in [0.05, 0.1) is 77.0 Å². The molecular weight excluding hydrogens is 1760 g/mol. The summed E-state index contributed by atoms with van der Waals surface area (Å²) in [5, 5.41) is 0.312. The summed E-state index contributed by atoms with van der Waals surface area (Å²) >= 11 is 20.3. The van der Waals surface area contributed by atoms with Crippen LogP contribution in [-0.2, 0) is 68.7 Å². The van der Waals surface area contributed by atoms with Crippen molar-refractivity contribution in [3.8, 4) is 33.8 Å². The van der Waals surface area contributed by atoms with Gasteiger partial charge in [-0.2, -0.15) is 25.3 Å². The summed E-state index contributed by atoms with van der Waals surface area (Å²) < 4.78 is 147. The number of amidine groups is 3. The van der Waals surface area contributed by atoms with Gasteiger partial charge in [0.25, 0.3) is 0 Å². The molecule has 3 saturated heterocycles. The number of aromatic nitrogens is 3. The number of pyridine rings is 3. The van der Waals surface area contributed by atoms with Crippen molar-refractivity contribution in [2.75, 3.05) is 63.7 Å². The van der Waals surface area contributed by atoms with Gasteiger partial charge in [0.1, 0.15) is 17.5 Å². The number of nitrogens with two attached hydrogens (primary N) is 2. The van der Waals surface area contributed by atoms with Crippen LogP contribution in [0, 0.1) is 17.5 Å². The number of carbonyl (C=O) groups excluding carboxylic acids is 3. The number of halogens is 6. The van der Waals surface area contributed by atoms with Gasteiger partial charge in [-0.05, 0) is 172 Å². The lowest BCUT2D eigenvalue weighted by Gasteiger charge is -2.46. The number of piperazine rings is 3. The number of para-hydroxylation sites is 3. The zero-order valence-electron chi connectivity index (χ0n) is 73.4. The van der Waals surface area contributed by atoms with Gasteiger partial charge in [-0.1, -0.05) is 189 Å². The number of anilines is 8. The highest BCUT2D eigenvalue weighted by atomic mass is 35.5. The largest absolute Gasteiger partial charge is 0.398 e. The second-order valence-corrected chi connectivity index (χ2v) is 39.8. The maximum absolute atomic E-state index is 15.2. The Morgan fingerprint density at radius 3 is 1.05 bits per heavy atom. The molecule has 6 atom stereocenters. The van der Waals surface area contributed by atoms with Crippen molar-refractivity contribution in [3.63, 3.8) is 0 Å². The lowest BCUT2D eigenvalue weighted by atomic mass is 9.85. The molecule has 3 fully saturated rings. The van der Waals surface area contributed by atoms with Crippen molar-refractivity contribution >= 4 is 147 Å². The molecule has 35 heteroatoms. The number of nitrogens with zero attached hydrogens (tertiary/aromatic N) is 15.